The number of methoxy groups -OCH3 is 1. The molecular weight excluding hydrogens is 495 g/mol. The lowest BCUT2D eigenvalue weighted by atomic mass is 9.97. The number of nitrogens with one attached hydrogen (secondary N) is 1. The molecule has 0 aliphatic rings. The van der Waals surface area contributed by atoms with Crippen LogP contribution in [0.2, 0.25) is 0 Å². The van der Waals surface area contributed by atoms with E-state index >= 15 is 0 Å². The van der Waals surface area contributed by atoms with Crippen LogP contribution in [0.25, 0.3) is 22.8 Å². The Hall–Kier alpha value is -4.21. The summed E-state index contributed by atoms with van der Waals surface area (Å²) in [6.45, 7) is 4.56. The van der Waals surface area contributed by atoms with E-state index in [4.69, 9.17) is 9.72 Å². The van der Waals surface area contributed by atoms with Crippen molar-refractivity contribution in [1.82, 2.24) is 19.5 Å². The predicted octanol–water partition coefficient (Wildman–Crippen LogP) is 6.01. The number of aryl methyl sites for hydroxylation is 1. The fourth-order valence-corrected chi connectivity index (χ4v) is 4.08. The fourth-order valence-electron chi connectivity index (χ4n) is 4.08. The summed E-state index contributed by atoms with van der Waals surface area (Å²) in [6.07, 6.45) is -1.91. The van der Waals surface area contributed by atoms with Crippen molar-refractivity contribution in [3.05, 3.63) is 83.3 Å². The largest absolute Gasteiger partial charge is 0.469 e. The van der Waals surface area contributed by atoms with Crippen molar-refractivity contribution >= 4 is 11.8 Å². The minimum absolute atomic E-state index is 0.00454. The number of hydrogen-bond donors (Lipinski definition) is 1. The molecule has 0 atom stereocenters. The first-order valence-electron chi connectivity index (χ1n) is 12.0. The monoisotopic (exact) mass is 523 g/mol. The molecule has 38 heavy (non-hydrogen) atoms. The van der Waals surface area contributed by atoms with Crippen molar-refractivity contribution in [2.45, 2.75) is 38.9 Å². The lowest BCUT2D eigenvalue weighted by Gasteiger charge is -2.15. The molecule has 0 spiro atoms. The van der Waals surface area contributed by atoms with E-state index in [9.17, 15) is 18.0 Å². The second-order valence-electron chi connectivity index (χ2n) is 9.17. The number of nitrogens with zero attached hydrogens (tertiary/aromatic N) is 4. The van der Waals surface area contributed by atoms with Crippen molar-refractivity contribution in [1.29, 1.82) is 0 Å². The van der Waals surface area contributed by atoms with Crippen molar-refractivity contribution in [3.8, 4) is 22.8 Å². The number of ether oxygens (including phenoxy) is 1. The molecule has 0 bridgehead atoms. The lowest BCUT2D eigenvalue weighted by molar-refractivity contribution is -0.141. The Kier molecular flexibility index (Phi) is 7.80. The van der Waals surface area contributed by atoms with E-state index in [2.05, 4.69) is 29.1 Å². The molecule has 10 heteroatoms. The third-order valence-electron chi connectivity index (χ3n) is 6.09. The number of carbonyl (C=O) groups is 1. The maximum absolute atomic E-state index is 13.0. The van der Waals surface area contributed by atoms with Gasteiger partial charge in [0, 0.05) is 42.7 Å². The fraction of sp³-hybridized carbons (Fsp3) is 0.286. The molecule has 4 aromatic rings. The summed E-state index contributed by atoms with van der Waals surface area (Å²) in [5.41, 5.74) is 3.11. The molecule has 2 heterocycles. The third kappa shape index (κ3) is 6.01. The van der Waals surface area contributed by atoms with Gasteiger partial charge in [-0.15, -0.1) is 0 Å². The summed E-state index contributed by atoms with van der Waals surface area (Å²) in [5.74, 6) is 1.12. The van der Waals surface area contributed by atoms with E-state index in [-0.39, 0.29) is 18.2 Å². The Balaban J connectivity index is 1.59. The molecule has 0 saturated carbocycles. The second kappa shape index (κ2) is 11.0. The Bertz CT molecular complexity index is 1430. The van der Waals surface area contributed by atoms with Crippen LogP contribution >= 0.6 is 0 Å². The van der Waals surface area contributed by atoms with Gasteiger partial charge in [0.1, 0.15) is 11.6 Å². The zero-order valence-corrected chi connectivity index (χ0v) is 21.5. The topological polar surface area (TPSA) is 81.9 Å². The normalized spacial score (nSPS) is 11.6. The first-order valence-corrected chi connectivity index (χ1v) is 12.0. The summed E-state index contributed by atoms with van der Waals surface area (Å²) in [5, 5.41) is 3.28. The van der Waals surface area contributed by atoms with Gasteiger partial charge in [-0.2, -0.15) is 13.2 Å². The molecule has 2 aromatic heterocycles. The standard InChI is InChI=1S/C28H28F3N5O2/c1-17(2)21-7-5-6-8-22(21)26-33-15-20(13-24(37)38-4)25(35-26)32-14-18-9-11-19(12-10-18)27-34-23(16-36(27)3)28(29,30)31/h5-12,15-17H,13-14H2,1-4H3,(H,32,33,35). The van der Waals surface area contributed by atoms with Gasteiger partial charge in [-0.05, 0) is 17.0 Å². The maximum Gasteiger partial charge on any atom is 0.434 e. The SMILES string of the molecule is COC(=O)Cc1cnc(-c2ccccc2C(C)C)nc1NCc1ccc(-c2nc(C(F)(F)F)cn2C)cc1. The van der Waals surface area contributed by atoms with Crippen LogP contribution in [-0.4, -0.2) is 32.6 Å². The second-order valence-corrected chi connectivity index (χ2v) is 9.17. The van der Waals surface area contributed by atoms with Gasteiger partial charge in [0.15, 0.2) is 11.5 Å². The Labute approximate surface area is 218 Å². The van der Waals surface area contributed by atoms with E-state index in [1.165, 1.54) is 18.7 Å². The van der Waals surface area contributed by atoms with Crippen LogP contribution < -0.4 is 5.32 Å². The van der Waals surface area contributed by atoms with Crippen LogP contribution in [-0.2, 0) is 35.7 Å². The summed E-state index contributed by atoms with van der Waals surface area (Å²) in [7, 11) is 2.85. The number of anilines is 1. The number of esters is 1. The number of imidazole rings is 1. The number of aromatic nitrogens is 4. The minimum atomic E-state index is -4.51. The summed E-state index contributed by atoms with van der Waals surface area (Å²) in [6, 6.07) is 15.0. The van der Waals surface area contributed by atoms with Gasteiger partial charge in [-0.25, -0.2) is 15.0 Å². The first kappa shape index (κ1) is 26.8. The van der Waals surface area contributed by atoms with Crippen LogP contribution in [0.5, 0.6) is 0 Å². The number of halogens is 3. The van der Waals surface area contributed by atoms with Crippen LogP contribution in [0, 0.1) is 0 Å². The van der Waals surface area contributed by atoms with E-state index in [0.29, 0.717) is 29.3 Å². The van der Waals surface area contributed by atoms with Gasteiger partial charge >= 0.3 is 12.1 Å². The zero-order chi connectivity index (χ0) is 27.4. The minimum Gasteiger partial charge on any atom is -0.469 e. The quantitative estimate of drug-likeness (QED) is 0.285. The van der Waals surface area contributed by atoms with E-state index in [0.717, 1.165) is 22.9 Å². The zero-order valence-electron chi connectivity index (χ0n) is 21.5. The highest BCUT2D eigenvalue weighted by molar-refractivity contribution is 5.75. The van der Waals surface area contributed by atoms with Gasteiger partial charge in [0.2, 0.25) is 0 Å². The van der Waals surface area contributed by atoms with Gasteiger partial charge in [-0.3, -0.25) is 4.79 Å². The average Bonchev–Trinajstić information content (AvgIpc) is 3.30. The molecule has 0 radical (unpaired) electrons. The van der Waals surface area contributed by atoms with Gasteiger partial charge < -0.3 is 14.6 Å². The van der Waals surface area contributed by atoms with Crippen molar-refractivity contribution < 1.29 is 22.7 Å². The van der Waals surface area contributed by atoms with Gasteiger partial charge in [-0.1, -0.05) is 62.4 Å². The molecule has 0 saturated heterocycles. The summed E-state index contributed by atoms with van der Waals surface area (Å²) in [4.78, 5) is 25.0. The molecule has 1 N–H and O–H groups in total. The highest BCUT2D eigenvalue weighted by Crippen LogP contribution is 2.31. The molecule has 0 aliphatic carbocycles. The van der Waals surface area contributed by atoms with Crippen molar-refractivity contribution in [2.75, 3.05) is 12.4 Å². The number of rotatable bonds is 8. The first-order chi connectivity index (χ1) is 18.1. The number of hydrogen-bond acceptors (Lipinski definition) is 6. The van der Waals surface area contributed by atoms with E-state index in [1.54, 1.807) is 30.5 Å². The van der Waals surface area contributed by atoms with Crippen LogP contribution in [0.4, 0.5) is 19.0 Å². The molecule has 0 fully saturated rings. The van der Waals surface area contributed by atoms with Crippen LogP contribution in [0.3, 0.4) is 0 Å². The highest BCUT2D eigenvalue weighted by Gasteiger charge is 2.34. The van der Waals surface area contributed by atoms with Crippen molar-refractivity contribution in [3.63, 3.8) is 0 Å². The third-order valence-corrected chi connectivity index (χ3v) is 6.09. The average molecular weight is 524 g/mol. The van der Waals surface area contributed by atoms with Crippen LogP contribution in [0.1, 0.15) is 42.1 Å². The Morgan fingerprint density at radius 3 is 2.42 bits per heavy atom. The van der Waals surface area contributed by atoms with E-state index in [1.807, 2.05) is 24.3 Å². The smallest absolute Gasteiger partial charge is 0.434 e. The highest BCUT2D eigenvalue weighted by atomic mass is 19.4. The molecule has 0 aliphatic heterocycles. The van der Waals surface area contributed by atoms with Crippen LogP contribution in [0.15, 0.2) is 60.9 Å². The molecule has 4 rings (SSSR count). The summed E-state index contributed by atoms with van der Waals surface area (Å²) < 4.78 is 45.3. The Morgan fingerprint density at radius 2 is 1.79 bits per heavy atom. The molecular formula is C28H28F3N5O2. The van der Waals surface area contributed by atoms with Gasteiger partial charge in [0.25, 0.3) is 0 Å². The van der Waals surface area contributed by atoms with E-state index < -0.39 is 17.8 Å². The molecule has 0 unspecified atom stereocenters. The molecule has 2 aromatic carbocycles. The molecule has 0 amide bonds. The van der Waals surface area contributed by atoms with Crippen molar-refractivity contribution in [2.24, 2.45) is 7.05 Å². The number of alkyl halides is 3. The molecule has 198 valence electrons. The predicted molar refractivity (Wildman–Crippen MR) is 138 cm³/mol. The number of carbonyl (C=O) groups excluding carboxylic acids is 1. The van der Waals surface area contributed by atoms with Gasteiger partial charge in [0.05, 0.1) is 13.5 Å². The lowest BCUT2D eigenvalue weighted by Crippen LogP contribution is -2.11. The Morgan fingerprint density at radius 1 is 1.08 bits per heavy atom. The number of benzene rings is 2. The molecule has 7 nitrogen and oxygen atoms in total. The maximum atomic E-state index is 13.0. The summed E-state index contributed by atoms with van der Waals surface area (Å²) >= 11 is 0.